The molecule has 8 heteroatoms. The Balaban J connectivity index is 1.68. The zero-order valence-corrected chi connectivity index (χ0v) is 16.0. The molecule has 0 saturated heterocycles. The van der Waals surface area contributed by atoms with Crippen LogP contribution < -0.4 is 15.4 Å². The van der Waals surface area contributed by atoms with Crippen LogP contribution in [-0.4, -0.2) is 28.6 Å². The van der Waals surface area contributed by atoms with Crippen LogP contribution in [0.2, 0.25) is 0 Å². The number of furan rings is 1. The number of amides is 2. The van der Waals surface area contributed by atoms with Gasteiger partial charge in [0.2, 0.25) is 0 Å². The summed E-state index contributed by atoms with van der Waals surface area (Å²) in [5.74, 6) is 0.545. The van der Waals surface area contributed by atoms with Gasteiger partial charge in [0.25, 0.3) is 11.8 Å². The molecule has 8 nitrogen and oxygen atoms in total. The van der Waals surface area contributed by atoms with Crippen molar-refractivity contribution in [3.63, 3.8) is 0 Å². The van der Waals surface area contributed by atoms with Crippen LogP contribution in [0.4, 0.5) is 5.69 Å². The first kappa shape index (κ1) is 19.2. The van der Waals surface area contributed by atoms with E-state index in [1.54, 1.807) is 23.0 Å². The van der Waals surface area contributed by atoms with E-state index in [-0.39, 0.29) is 24.0 Å². The first-order valence-corrected chi connectivity index (χ1v) is 8.89. The Morgan fingerprint density at radius 2 is 1.96 bits per heavy atom. The molecule has 0 fully saturated rings. The maximum atomic E-state index is 12.5. The van der Waals surface area contributed by atoms with Gasteiger partial charge in [-0.1, -0.05) is 18.2 Å². The summed E-state index contributed by atoms with van der Waals surface area (Å²) in [5, 5.41) is 9.34. The van der Waals surface area contributed by atoms with E-state index < -0.39 is 5.91 Å². The molecular weight excluding hydrogens is 360 g/mol. The molecule has 2 N–H and O–H groups in total. The number of para-hydroxylation sites is 1. The first-order valence-electron chi connectivity index (χ1n) is 8.89. The van der Waals surface area contributed by atoms with E-state index in [9.17, 15) is 9.59 Å². The first-order chi connectivity index (χ1) is 13.5. The normalized spacial score (nSPS) is 10.5. The molecule has 3 aromatic rings. The van der Waals surface area contributed by atoms with E-state index in [4.69, 9.17) is 9.15 Å². The number of aryl methyl sites for hydroxylation is 2. The fraction of sp³-hybridized carbons (Fsp3) is 0.250. The molecule has 0 unspecified atom stereocenters. The Morgan fingerprint density at radius 1 is 1.18 bits per heavy atom. The van der Waals surface area contributed by atoms with Crippen molar-refractivity contribution >= 4 is 17.5 Å². The van der Waals surface area contributed by atoms with Crippen molar-refractivity contribution in [1.29, 1.82) is 0 Å². The van der Waals surface area contributed by atoms with Gasteiger partial charge in [-0.15, -0.1) is 0 Å². The predicted octanol–water partition coefficient (Wildman–Crippen LogP) is 3.00. The maximum Gasteiger partial charge on any atom is 0.291 e. The van der Waals surface area contributed by atoms with Crippen molar-refractivity contribution in [2.75, 3.05) is 12.4 Å². The highest BCUT2D eigenvalue weighted by Gasteiger charge is 2.19. The highest BCUT2D eigenvalue weighted by atomic mass is 16.5. The number of ether oxygens (including phenoxy) is 1. The van der Waals surface area contributed by atoms with Gasteiger partial charge in [-0.25, -0.2) is 0 Å². The van der Waals surface area contributed by atoms with Crippen LogP contribution in [-0.2, 0) is 13.2 Å². The molecule has 0 saturated carbocycles. The van der Waals surface area contributed by atoms with Crippen molar-refractivity contribution in [1.82, 2.24) is 15.1 Å². The lowest BCUT2D eigenvalue weighted by Gasteiger charge is -2.07. The third-order valence-corrected chi connectivity index (χ3v) is 4.12. The number of aromatic nitrogens is 2. The molecule has 0 aliphatic heterocycles. The molecule has 1 aromatic carbocycles. The summed E-state index contributed by atoms with van der Waals surface area (Å²) >= 11 is 0. The van der Waals surface area contributed by atoms with Crippen LogP contribution in [0.25, 0.3) is 0 Å². The van der Waals surface area contributed by atoms with Gasteiger partial charge < -0.3 is 19.8 Å². The molecule has 3 rings (SSSR count). The third kappa shape index (κ3) is 4.22. The summed E-state index contributed by atoms with van der Waals surface area (Å²) in [7, 11) is 1.51. The Bertz CT molecular complexity index is 990. The quantitative estimate of drug-likeness (QED) is 0.655. The lowest BCUT2D eigenvalue weighted by Crippen LogP contribution is -2.21. The molecule has 0 bridgehead atoms. The van der Waals surface area contributed by atoms with Crippen molar-refractivity contribution in [3.05, 3.63) is 65.4 Å². The fourth-order valence-electron chi connectivity index (χ4n) is 2.59. The molecule has 2 aromatic heterocycles. The minimum Gasteiger partial charge on any atom is -0.485 e. The number of hydrogen-bond donors (Lipinski definition) is 2. The molecule has 0 spiro atoms. The van der Waals surface area contributed by atoms with Crippen LogP contribution in [0.15, 0.2) is 47.0 Å². The Kier molecular flexibility index (Phi) is 5.78. The highest BCUT2D eigenvalue weighted by Crippen LogP contribution is 2.20. The van der Waals surface area contributed by atoms with E-state index in [1.165, 1.54) is 7.05 Å². The van der Waals surface area contributed by atoms with E-state index >= 15 is 0 Å². The molecule has 2 heterocycles. The maximum absolute atomic E-state index is 12.5. The van der Waals surface area contributed by atoms with Crippen molar-refractivity contribution in [3.8, 4) is 5.75 Å². The molecule has 146 valence electrons. The summed E-state index contributed by atoms with van der Waals surface area (Å²) in [6.07, 6.45) is 1.60. The van der Waals surface area contributed by atoms with Gasteiger partial charge in [0.05, 0.1) is 5.69 Å². The van der Waals surface area contributed by atoms with Crippen molar-refractivity contribution in [2.24, 2.45) is 0 Å². The number of rotatable bonds is 7. The number of nitrogens with zero attached hydrogens (tertiary/aromatic N) is 2. The van der Waals surface area contributed by atoms with Crippen molar-refractivity contribution < 1.29 is 18.7 Å². The number of carbonyl (C=O) groups excluding carboxylic acids is 2. The lowest BCUT2D eigenvalue weighted by atomic mass is 10.2. The summed E-state index contributed by atoms with van der Waals surface area (Å²) in [5.41, 5.74) is 1.48. The average molecular weight is 382 g/mol. The van der Waals surface area contributed by atoms with Crippen molar-refractivity contribution in [2.45, 2.75) is 27.0 Å². The van der Waals surface area contributed by atoms with Gasteiger partial charge in [0, 0.05) is 19.8 Å². The molecule has 28 heavy (non-hydrogen) atoms. The highest BCUT2D eigenvalue weighted by molar-refractivity contribution is 6.06. The lowest BCUT2D eigenvalue weighted by molar-refractivity contribution is 0.0958. The van der Waals surface area contributed by atoms with Gasteiger partial charge in [-0.05, 0) is 37.6 Å². The third-order valence-electron chi connectivity index (χ3n) is 4.12. The monoisotopic (exact) mass is 382 g/mol. The number of anilines is 1. The van der Waals surface area contributed by atoms with Gasteiger partial charge in [-0.2, -0.15) is 5.10 Å². The second-order valence-electron chi connectivity index (χ2n) is 6.10. The molecule has 0 aliphatic carbocycles. The number of carbonyl (C=O) groups is 2. The minimum absolute atomic E-state index is 0.121. The van der Waals surface area contributed by atoms with Crippen LogP contribution in [0.1, 0.15) is 39.3 Å². The zero-order chi connectivity index (χ0) is 20.1. The van der Waals surface area contributed by atoms with E-state index in [2.05, 4.69) is 15.7 Å². The number of nitrogens with one attached hydrogen (secondary N) is 2. The molecule has 0 radical (unpaired) electrons. The topological polar surface area (TPSA) is 98.4 Å². The van der Waals surface area contributed by atoms with Crippen LogP contribution in [0, 0.1) is 6.92 Å². The van der Waals surface area contributed by atoms with Gasteiger partial charge in [-0.3, -0.25) is 14.3 Å². The largest absolute Gasteiger partial charge is 0.485 e. The zero-order valence-electron chi connectivity index (χ0n) is 16.0. The van der Waals surface area contributed by atoms with Crippen LogP contribution >= 0.6 is 0 Å². The number of benzene rings is 1. The summed E-state index contributed by atoms with van der Waals surface area (Å²) in [4.78, 5) is 24.5. The SMILES string of the molecule is CCn1cc(NC(=O)c2ccc(COc3ccccc3C)o2)c(C(=O)NC)n1. The molecular formula is C20H22N4O4. The van der Waals surface area contributed by atoms with Crippen LogP contribution in [0.3, 0.4) is 0 Å². The van der Waals surface area contributed by atoms with Gasteiger partial charge in [0.15, 0.2) is 11.5 Å². The summed E-state index contributed by atoms with van der Waals surface area (Å²) in [6, 6.07) is 10.9. The summed E-state index contributed by atoms with van der Waals surface area (Å²) in [6.45, 7) is 4.62. The van der Waals surface area contributed by atoms with E-state index in [0.29, 0.717) is 18.0 Å². The Labute approximate surface area is 162 Å². The molecule has 0 atom stereocenters. The van der Waals surface area contributed by atoms with E-state index in [0.717, 1.165) is 11.3 Å². The molecule has 0 aliphatic rings. The van der Waals surface area contributed by atoms with Gasteiger partial charge >= 0.3 is 0 Å². The second kappa shape index (κ2) is 8.43. The number of hydrogen-bond acceptors (Lipinski definition) is 5. The van der Waals surface area contributed by atoms with Gasteiger partial charge in [0.1, 0.15) is 18.1 Å². The predicted molar refractivity (Wildman–Crippen MR) is 103 cm³/mol. The van der Waals surface area contributed by atoms with Crippen LogP contribution in [0.5, 0.6) is 5.75 Å². The Hall–Kier alpha value is -3.55. The average Bonchev–Trinajstić information content (AvgIpc) is 3.34. The standard InChI is InChI=1S/C20H22N4O4/c1-4-24-11-15(18(23-24)20(26)21-3)22-19(25)17-10-9-14(28-17)12-27-16-8-6-5-7-13(16)2/h5-11H,4,12H2,1-3H3,(H,21,26)(H,22,25). The summed E-state index contributed by atoms with van der Waals surface area (Å²) < 4.78 is 12.9. The Morgan fingerprint density at radius 3 is 2.68 bits per heavy atom. The fourth-order valence-corrected chi connectivity index (χ4v) is 2.59. The molecule has 2 amide bonds. The smallest absolute Gasteiger partial charge is 0.291 e. The minimum atomic E-state index is -0.469. The second-order valence-corrected chi connectivity index (χ2v) is 6.10. The van der Waals surface area contributed by atoms with E-state index in [1.807, 2.05) is 38.1 Å².